The molecule has 0 bridgehead atoms. The van der Waals surface area contributed by atoms with E-state index in [0.717, 1.165) is 29.8 Å². The quantitative estimate of drug-likeness (QED) is 0.887. The number of benzene rings is 1. The molecule has 0 radical (unpaired) electrons. The van der Waals surface area contributed by atoms with Crippen LogP contribution in [0.3, 0.4) is 0 Å². The number of aliphatic hydroxyl groups is 1. The third-order valence-corrected chi connectivity index (χ3v) is 3.28. The third kappa shape index (κ3) is 1.95. The first kappa shape index (κ1) is 11.5. The van der Waals surface area contributed by atoms with Gasteiger partial charge in [0, 0.05) is 19.5 Å². The molecule has 1 N–H and O–H groups in total. The predicted octanol–water partition coefficient (Wildman–Crippen LogP) is 1.23. The van der Waals surface area contributed by atoms with Crippen LogP contribution in [-0.2, 0) is 18.4 Å². The molecule has 5 heteroatoms. The number of aryl methyl sites for hydroxylation is 1. The number of ether oxygens (including phenoxy) is 2. The van der Waals surface area contributed by atoms with Gasteiger partial charge in [0.15, 0.2) is 0 Å². The van der Waals surface area contributed by atoms with E-state index in [-0.39, 0.29) is 12.7 Å². The highest BCUT2D eigenvalue weighted by Crippen LogP contribution is 2.23. The summed E-state index contributed by atoms with van der Waals surface area (Å²) in [4.78, 5) is 4.34. The fourth-order valence-corrected chi connectivity index (χ4v) is 2.23. The molecule has 0 aliphatic carbocycles. The lowest BCUT2D eigenvalue weighted by atomic mass is 10.2. The fraction of sp³-hybridized carbons (Fsp3) is 0.462. The number of hydrogen-bond donors (Lipinski definition) is 1. The van der Waals surface area contributed by atoms with Crippen LogP contribution in [0, 0.1) is 0 Å². The van der Waals surface area contributed by atoms with Gasteiger partial charge in [0.25, 0.3) is 0 Å². The molecular formula is C13H16N2O3. The summed E-state index contributed by atoms with van der Waals surface area (Å²) >= 11 is 0. The number of nitrogens with zero attached hydrogens (tertiary/aromatic N) is 2. The monoisotopic (exact) mass is 248 g/mol. The van der Waals surface area contributed by atoms with Crippen molar-refractivity contribution in [3.8, 4) is 5.75 Å². The molecule has 0 spiro atoms. The number of hydrogen-bond acceptors (Lipinski definition) is 4. The van der Waals surface area contributed by atoms with Crippen molar-refractivity contribution in [2.45, 2.75) is 19.1 Å². The lowest BCUT2D eigenvalue weighted by molar-refractivity contribution is 0.141. The van der Waals surface area contributed by atoms with Gasteiger partial charge in [-0.25, -0.2) is 4.98 Å². The molecule has 1 aliphatic heterocycles. The van der Waals surface area contributed by atoms with Crippen LogP contribution in [0.4, 0.5) is 0 Å². The predicted molar refractivity (Wildman–Crippen MR) is 66.5 cm³/mol. The molecule has 3 rings (SSSR count). The SMILES string of the molecule is Cn1c(CO)nc2ccc(OC3CCOC3)cc21. The molecule has 1 saturated heterocycles. The van der Waals surface area contributed by atoms with E-state index < -0.39 is 0 Å². The van der Waals surface area contributed by atoms with E-state index in [4.69, 9.17) is 9.47 Å². The summed E-state index contributed by atoms with van der Waals surface area (Å²) in [5.41, 5.74) is 1.84. The van der Waals surface area contributed by atoms with Crippen LogP contribution in [0.2, 0.25) is 0 Å². The average Bonchev–Trinajstić information content (AvgIpc) is 2.99. The maximum atomic E-state index is 9.19. The first-order chi connectivity index (χ1) is 8.78. The second-order valence-electron chi connectivity index (χ2n) is 4.50. The largest absolute Gasteiger partial charge is 0.488 e. The summed E-state index contributed by atoms with van der Waals surface area (Å²) in [6.07, 6.45) is 1.08. The molecule has 1 fully saturated rings. The van der Waals surface area contributed by atoms with Crippen LogP contribution in [0.25, 0.3) is 11.0 Å². The van der Waals surface area contributed by atoms with E-state index in [1.54, 1.807) is 0 Å². The fourth-order valence-electron chi connectivity index (χ4n) is 2.23. The molecule has 1 atom stereocenters. The Labute approximate surface area is 105 Å². The Kier molecular flexibility index (Phi) is 2.93. The Morgan fingerprint density at radius 1 is 1.56 bits per heavy atom. The van der Waals surface area contributed by atoms with Crippen molar-refractivity contribution >= 4 is 11.0 Å². The maximum Gasteiger partial charge on any atom is 0.135 e. The Morgan fingerprint density at radius 2 is 2.44 bits per heavy atom. The van der Waals surface area contributed by atoms with E-state index >= 15 is 0 Å². The van der Waals surface area contributed by atoms with Gasteiger partial charge in [0.05, 0.1) is 24.2 Å². The van der Waals surface area contributed by atoms with Crippen molar-refractivity contribution in [2.24, 2.45) is 7.05 Å². The van der Waals surface area contributed by atoms with Gasteiger partial charge < -0.3 is 19.1 Å². The molecule has 96 valence electrons. The Morgan fingerprint density at radius 3 is 3.17 bits per heavy atom. The normalized spacial score (nSPS) is 19.6. The lowest BCUT2D eigenvalue weighted by Crippen LogP contribution is -2.15. The van der Waals surface area contributed by atoms with Crippen LogP contribution in [0.15, 0.2) is 18.2 Å². The standard InChI is InChI=1S/C13H16N2O3/c1-15-12-6-9(18-10-4-5-17-8-10)2-3-11(12)14-13(15)7-16/h2-3,6,10,16H,4-5,7-8H2,1H3. The zero-order valence-electron chi connectivity index (χ0n) is 10.3. The summed E-state index contributed by atoms with van der Waals surface area (Å²) in [6.45, 7) is 1.37. The second kappa shape index (κ2) is 4.59. The molecule has 0 amide bonds. The Balaban J connectivity index is 1.91. The van der Waals surface area contributed by atoms with Crippen LogP contribution < -0.4 is 4.74 Å². The minimum absolute atomic E-state index is 0.0577. The maximum absolute atomic E-state index is 9.19. The Bertz CT molecular complexity index is 559. The van der Waals surface area contributed by atoms with E-state index in [1.807, 2.05) is 29.8 Å². The molecule has 0 saturated carbocycles. The van der Waals surface area contributed by atoms with Gasteiger partial charge in [-0.15, -0.1) is 0 Å². The zero-order valence-corrected chi connectivity index (χ0v) is 10.3. The van der Waals surface area contributed by atoms with E-state index in [9.17, 15) is 5.11 Å². The van der Waals surface area contributed by atoms with E-state index in [0.29, 0.717) is 12.4 Å². The van der Waals surface area contributed by atoms with Gasteiger partial charge in [-0.05, 0) is 12.1 Å². The zero-order chi connectivity index (χ0) is 12.5. The topological polar surface area (TPSA) is 56.5 Å². The van der Waals surface area contributed by atoms with E-state index in [1.165, 1.54) is 0 Å². The van der Waals surface area contributed by atoms with Crippen molar-refractivity contribution in [1.82, 2.24) is 9.55 Å². The molecule has 1 aromatic carbocycles. The first-order valence-electron chi connectivity index (χ1n) is 6.08. The minimum atomic E-state index is -0.0577. The van der Waals surface area contributed by atoms with Crippen LogP contribution in [-0.4, -0.2) is 34.0 Å². The third-order valence-electron chi connectivity index (χ3n) is 3.28. The van der Waals surface area contributed by atoms with Gasteiger partial charge in [-0.2, -0.15) is 0 Å². The summed E-state index contributed by atoms with van der Waals surface area (Å²) in [7, 11) is 1.89. The van der Waals surface area contributed by atoms with Gasteiger partial charge in [-0.1, -0.05) is 0 Å². The smallest absolute Gasteiger partial charge is 0.135 e. The number of imidazole rings is 1. The molecule has 2 aromatic rings. The van der Waals surface area contributed by atoms with Crippen LogP contribution >= 0.6 is 0 Å². The van der Waals surface area contributed by atoms with Gasteiger partial charge in [0.1, 0.15) is 24.3 Å². The summed E-state index contributed by atoms with van der Waals surface area (Å²) in [6, 6.07) is 5.79. The number of aliphatic hydroxyl groups excluding tert-OH is 1. The summed E-state index contributed by atoms with van der Waals surface area (Å²) in [5, 5.41) is 9.19. The molecule has 18 heavy (non-hydrogen) atoms. The Hall–Kier alpha value is -1.59. The molecule has 1 aliphatic rings. The summed E-state index contributed by atoms with van der Waals surface area (Å²) < 4.78 is 13.0. The van der Waals surface area contributed by atoms with Crippen molar-refractivity contribution in [2.75, 3.05) is 13.2 Å². The van der Waals surface area contributed by atoms with Gasteiger partial charge in [-0.3, -0.25) is 0 Å². The van der Waals surface area contributed by atoms with Crippen LogP contribution in [0.1, 0.15) is 12.2 Å². The summed E-state index contributed by atoms with van der Waals surface area (Å²) in [5.74, 6) is 1.48. The van der Waals surface area contributed by atoms with E-state index in [2.05, 4.69) is 4.98 Å². The minimum Gasteiger partial charge on any atom is -0.488 e. The van der Waals surface area contributed by atoms with Crippen molar-refractivity contribution < 1.29 is 14.6 Å². The molecule has 5 nitrogen and oxygen atoms in total. The van der Waals surface area contributed by atoms with Crippen LogP contribution in [0.5, 0.6) is 5.75 Å². The van der Waals surface area contributed by atoms with Crippen molar-refractivity contribution in [3.63, 3.8) is 0 Å². The second-order valence-corrected chi connectivity index (χ2v) is 4.50. The van der Waals surface area contributed by atoms with Gasteiger partial charge >= 0.3 is 0 Å². The molecular weight excluding hydrogens is 232 g/mol. The number of rotatable bonds is 3. The highest BCUT2D eigenvalue weighted by Gasteiger charge is 2.17. The highest BCUT2D eigenvalue weighted by atomic mass is 16.5. The number of fused-ring (bicyclic) bond motifs is 1. The number of aromatic nitrogens is 2. The highest BCUT2D eigenvalue weighted by molar-refractivity contribution is 5.77. The molecule has 1 aromatic heterocycles. The van der Waals surface area contributed by atoms with Crippen molar-refractivity contribution in [3.05, 3.63) is 24.0 Å². The first-order valence-corrected chi connectivity index (χ1v) is 6.08. The molecule has 1 unspecified atom stereocenters. The van der Waals surface area contributed by atoms with Crippen molar-refractivity contribution in [1.29, 1.82) is 0 Å². The average molecular weight is 248 g/mol. The molecule has 2 heterocycles. The lowest BCUT2D eigenvalue weighted by Gasteiger charge is -2.11. The van der Waals surface area contributed by atoms with Gasteiger partial charge in [0.2, 0.25) is 0 Å².